The van der Waals surface area contributed by atoms with Crippen LogP contribution in [-0.4, -0.2) is 27.0 Å². The second-order valence-electron chi connectivity index (χ2n) is 4.63. The van der Waals surface area contributed by atoms with E-state index in [1.165, 1.54) is 13.0 Å². The Labute approximate surface area is 134 Å². The van der Waals surface area contributed by atoms with E-state index in [9.17, 15) is 22.8 Å². The predicted molar refractivity (Wildman–Crippen MR) is 79.8 cm³/mol. The van der Waals surface area contributed by atoms with E-state index in [1.54, 1.807) is 29.4 Å². The van der Waals surface area contributed by atoms with E-state index < -0.39 is 23.9 Å². The minimum Gasteiger partial charge on any atom is -0.326 e. The monoisotopic (exact) mass is 339 g/mol. The van der Waals surface area contributed by atoms with Gasteiger partial charge in [0.2, 0.25) is 17.7 Å². The van der Waals surface area contributed by atoms with E-state index in [0.29, 0.717) is 11.3 Å². The van der Waals surface area contributed by atoms with E-state index in [0.717, 1.165) is 6.08 Å². The molecule has 2 rings (SSSR count). The molecule has 1 heterocycles. The van der Waals surface area contributed by atoms with Crippen molar-refractivity contribution >= 4 is 29.5 Å². The maximum Gasteiger partial charge on any atom is 0.451 e. The summed E-state index contributed by atoms with van der Waals surface area (Å²) < 4.78 is 37.0. The molecule has 2 aromatic rings. The molecule has 0 bridgehead atoms. The third-order valence-electron chi connectivity index (χ3n) is 2.65. The summed E-state index contributed by atoms with van der Waals surface area (Å²) in [5.41, 5.74) is 1.26. The van der Waals surface area contributed by atoms with Crippen LogP contribution in [0, 0.1) is 0 Å². The number of benzene rings is 1. The molecule has 10 heteroatoms. The third-order valence-corrected chi connectivity index (χ3v) is 2.65. The van der Waals surface area contributed by atoms with Gasteiger partial charge in [0, 0.05) is 18.7 Å². The maximum atomic E-state index is 12.3. The zero-order chi connectivity index (χ0) is 17.7. The molecule has 24 heavy (non-hydrogen) atoms. The molecule has 0 aliphatic carbocycles. The highest BCUT2D eigenvalue weighted by molar-refractivity contribution is 6.00. The molecule has 0 aliphatic heterocycles. The van der Waals surface area contributed by atoms with Crippen molar-refractivity contribution in [3.8, 4) is 0 Å². The maximum absolute atomic E-state index is 12.3. The summed E-state index contributed by atoms with van der Waals surface area (Å²) in [4.78, 5) is 25.6. The van der Waals surface area contributed by atoms with Crippen molar-refractivity contribution in [2.45, 2.75) is 13.1 Å². The van der Waals surface area contributed by atoms with Gasteiger partial charge in [0.15, 0.2) is 0 Å². The number of nitrogens with one attached hydrogen (secondary N) is 3. The Morgan fingerprint density at radius 1 is 1.17 bits per heavy atom. The van der Waals surface area contributed by atoms with Gasteiger partial charge in [-0.05, 0) is 23.8 Å². The molecule has 0 saturated carbocycles. The summed E-state index contributed by atoms with van der Waals surface area (Å²) in [6.45, 7) is 1.38. The Morgan fingerprint density at radius 3 is 2.38 bits per heavy atom. The molecule has 0 saturated heterocycles. The predicted octanol–water partition coefficient (Wildman–Crippen LogP) is 2.43. The Kier molecular flexibility index (Phi) is 4.97. The highest BCUT2D eigenvalue weighted by Crippen LogP contribution is 2.26. The van der Waals surface area contributed by atoms with Gasteiger partial charge in [0.05, 0.1) is 0 Å². The standard InChI is InChI=1S/C14H12F3N5O2/c1-8(23)18-10-5-2-9(3-6-10)4-7-11(24)19-13-20-12(21-22-13)14(15,16)17/h2-7H,1H3,(H,18,23)(H2,19,20,21,22,24)/b7-4+. The molecule has 1 aromatic carbocycles. The number of rotatable bonds is 4. The lowest BCUT2D eigenvalue weighted by molar-refractivity contribution is -0.144. The topological polar surface area (TPSA) is 99.8 Å². The highest BCUT2D eigenvalue weighted by Gasteiger charge is 2.35. The van der Waals surface area contributed by atoms with Crippen LogP contribution in [0.25, 0.3) is 6.08 Å². The van der Waals surface area contributed by atoms with E-state index in [-0.39, 0.29) is 5.91 Å². The van der Waals surface area contributed by atoms with Crippen LogP contribution in [0.15, 0.2) is 30.3 Å². The van der Waals surface area contributed by atoms with E-state index in [2.05, 4.69) is 20.7 Å². The fourth-order valence-electron chi connectivity index (χ4n) is 1.65. The number of halogens is 3. The fourth-order valence-corrected chi connectivity index (χ4v) is 1.65. The van der Waals surface area contributed by atoms with E-state index in [1.807, 2.05) is 0 Å². The van der Waals surface area contributed by atoms with Crippen LogP contribution < -0.4 is 10.6 Å². The largest absolute Gasteiger partial charge is 0.451 e. The summed E-state index contributed by atoms with van der Waals surface area (Å²) >= 11 is 0. The normalized spacial score (nSPS) is 11.5. The van der Waals surface area contributed by atoms with Crippen molar-refractivity contribution < 1.29 is 22.8 Å². The van der Waals surface area contributed by atoms with Gasteiger partial charge in [-0.2, -0.15) is 18.2 Å². The average molecular weight is 339 g/mol. The lowest BCUT2D eigenvalue weighted by Crippen LogP contribution is -2.10. The number of nitrogens with zero attached hydrogens (tertiary/aromatic N) is 2. The molecule has 0 atom stereocenters. The van der Waals surface area contributed by atoms with Crippen LogP contribution in [0.2, 0.25) is 0 Å². The van der Waals surface area contributed by atoms with Crippen LogP contribution >= 0.6 is 0 Å². The van der Waals surface area contributed by atoms with Crippen LogP contribution in [0.4, 0.5) is 24.8 Å². The molecule has 0 unspecified atom stereocenters. The first-order valence-corrected chi connectivity index (χ1v) is 6.60. The van der Waals surface area contributed by atoms with Crippen LogP contribution in [0.3, 0.4) is 0 Å². The number of hydrogen-bond acceptors (Lipinski definition) is 4. The van der Waals surface area contributed by atoms with E-state index in [4.69, 9.17) is 0 Å². The van der Waals surface area contributed by atoms with Gasteiger partial charge >= 0.3 is 6.18 Å². The van der Waals surface area contributed by atoms with Crippen molar-refractivity contribution in [1.29, 1.82) is 0 Å². The lowest BCUT2D eigenvalue weighted by Gasteiger charge is -2.01. The summed E-state index contributed by atoms with van der Waals surface area (Å²) in [6, 6.07) is 6.60. The molecule has 0 spiro atoms. The molecule has 0 fully saturated rings. The summed E-state index contributed by atoms with van der Waals surface area (Å²) in [7, 11) is 0. The Morgan fingerprint density at radius 2 is 1.83 bits per heavy atom. The Bertz CT molecular complexity index is 765. The summed E-state index contributed by atoms with van der Waals surface area (Å²) in [5, 5.41) is 9.64. The fraction of sp³-hybridized carbons (Fsp3) is 0.143. The Balaban J connectivity index is 1.95. The van der Waals surface area contributed by atoms with Crippen molar-refractivity contribution in [1.82, 2.24) is 15.2 Å². The molecule has 1 aromatic heterocycles. The number of amides is 2. The van der Waals surface area contributed by atoms with Gasteiger partial charge in [-0.25, -0.2) is 0 Å². The number of aromatic amines is 1. The van der Waals surface area contributed by atoms with Crippen LogP contribution in [0.5, 0.6) is 0 Å². The SMILES string of the molecule is CC(=O)Nc1ccc(/C=C/C(=O)Nc2n[nH]c(C(F)(F)F)n2)cc1. The molecule has 0 aliphatic rings. The third kappa shape index (κ3) is 4.93. The smallest absolute Gasteiger partial charge is 0.326 e. The first-order valence-electron chi connectivity index (χ1n) is 6.60. The van der Waals surface area contributed by atoms with Gasteiger partial charge < -0.3 is 5.32 Å². The number of anilines is 2. The number of aromatic nitrogens is 3. The van der Waals surface area contributed by atoms with Crippen LogP contribution in [0.1, 0.15) is 18.3 Å². The number of alkyl halides is 3. The van der Waals surface area contributed by atoms with Crippen molar-refractivity contribution in [2.24, 2.45) is 0 Å². The molecular formula is C14H12F3N5O2. The van der Waals surface area contributed by atoms with Gasteiger partial charge in [-0.3, -0.25) is 20.0 Å². The lowest BCUT2D eigenvalue weighted by atomic mass is 10.2. The van der Waals surface area contributed by atoms with Gasteiger partial charge in [0.1, 0.15) is 0 Å². The zero-order valence-electron chi connectivity index (χ0n) is 12.3. The molecule has 0 radical (unpaired) electrons. The molecule has 2 amide bonds. The van der Waals surface area contributed by atoms with Crippen molar-refractivity contribution in [3.63, 3.8) is 0 Å². The Hall–Kier alpha value is -3.17. The average Bonchev–Trinajstić information content (AvgIpc) is 2.94. The number of H-pyrrole nitrogens is 1. The summed E-state index contributed by atoms with van der Waals surface area (Å²) in [5.74, 6) is -2.66. The van der Waals surface area contributed by atoms with Crippen molar-refractivity contribution in [3.05, 3.63) is 41.7 Å². The minimum absolute atomic E-state index is 0.206. The first-order chi connectivity index (χ1) is 11.2. The quantitative estimate of drug-likeness (QED) is 0.745. The second-order valence-corrected chi connectivity index (χ2v) is 4.63. The summed E-state index contributed by atoms with van der Waals surface area (Å²) in [6.07, 6.45) is -2.09. The number of carbonyl (C=O) groups excluding carboxylic acids is 2. The second kappa shape index (κ2) is 6.94. The molecule has 126 valence electrons. The molecule has 3 N–H and O–H groups in total. The molecule has 7 nitrogen and oxygen atoms in total. The van der Waals surface area contributed by atoms with Crippen LogP contribution in [-0.2, 0) is 15.8 Å². The number of carbonyl (C=O) groups is 2. The van der Waals surface area contributed by atoms with Gasteiger partial charge in [0.25, 0.3) is 5.91 Å². The van der Waals surface area contributed by atoms with E-state index >= 15 is 0 Å². The minimum atomic E-state index is -4.67. The molecular weight excluding hydrogens is 327 g/mol. The van der Waals surface area contributed by atoms with Crippen molar-refractivity contribution in [2.75, 3.05) is 10.6 Å². The highest BCUT2D eigenvalue weighted by atomic mass is 19.4. The first kappa shape index (κ1) is 17.2. The van der Waals surface area contributed by atoms with Gasteiger partial charge in [-0.1, -0.05) is 12.1 Å². The zero-order valence-corrected chi connectivity index (χ0v) is 12.3. The van der Waals surface area contributed by atoms with Gasteiger partial charge in [-0.15, -0.1) is 5.10 Å². The number of hydrogen-bond donors (Lipinski definition) is 3.